The number of nitrogens with zero attached hydrogens (tertiary/aromatic N) is 4. The molecule has 36 heavy (non-hydrogen) atoms. The van der Waals surface area contributed by atoms with Gasteiger partial charge in [-0.15, -0.1) is 11.8 Å². The molecule has 10 heteroatoms. The fraction of sp³-hybridized carbons (Fsp3) is 0.385. The van der Waals surface area contributed by atoms with Crippen molar-refractivity contribution in [2.75, 3.05) is 17.2 Å². The molecule has 2 aliphatic rings. The number of amides is 2. The number of urea groups is 1. The molecule has 1 aromatic carbocycles. The Labute approximate surface area is 211 Å². The van der Waals surface area contributed by atoms with E-state index in [0.29, 0.717) is 24.5 Å². The second kappa shape index (κ2) is 9.72. The van der Waals surface area contributed by atoms with Gasteiger partial charge in [-0.1, -0.05) is 31.9 Å². The quantitative estimate of drug-likeness (QED) is 0.411. The normalized spacial score (nSPS) is 16.4. The minimum atomic E-state index is -4.62. The van der Waals surface area contributed by atoms with Crippen molar-refractivity contribution in [3.05, 3.63) is 65.9 Å². The number of pyridine rings is 1. The summed E-state index contributed by atoms with van der Waals surface area (Å²) in [5.41, 5.74) is 0.977. The van der Waals surface area contributed by atoms with Crippen LogP contribution in [0.2, 0.25) is 0 Å². The van der Waals surface area contributed by atoms with Gasteiger partial charge in [-0.3, -0.25) is 4.90 Å². The Bertz CT molecular complexity index is 1260. The van der Waals surface area contributed by atoms with Crippen molar-refractivity contribution in [1.82, 2.24) is 20.3 Å². The highest BCUT2D eigenvalue weighted by atomic mass is 32.2. The number of nitrogens with one attached hydrogen (secondary N) is 1. The molecule has 2 amide bonds. The first-order valence-electron chi connectivity index (χ1n) is 12.0. The fourth-order valence-corrected chi connectivity index (χ4v) is 5.85. The summed E-state index contributed by atoms with van der Waals surface area (Å²) in [6.45, 7) is 2.95. The van der Waals surface area contributed by atoms with Gasteiger partial charge in [0.25, 0.3) is 0 Å². The standard InChI is InChI=1S/C26H26F3N5OS/c1-2-36-18-7-5-17(6-8-18)13-31-24(35)34-15-25(11-3-4-12-25)23-21(34)10-9-20(33-23)19-14-30-16-32-22(19)26(27,28)29/h5-10,14,16H,2-4,11-13,15H2,1H3,(H,31,35). The van der Waals surface area contributed by atoms with E-state index < -0.39 is 11.9 Å². The topological polar surface area (TPSA) is 71.0 Å². The van der Waals surface area contributed by atoms with Gasteiger partial charge in [0, 0.05) is 35.2 Å². The van der Waals surface area contributed by atoms with E-state index in [0.717, 1.165) is 49.5 Å². The summed E-state index contributed by atoms with van der Waals surface area (Å²) in [6.07, 6.45) is 1.08. The average molecular weight is 514 g/mol. The largest absolute Gasteiger partial charge is 0.434 e. The van der Waals surface area contributed by atoms with Crippen molar-refractivity contribution in [3.8, 4) is 11.3 Å². The predicted molar refractivity (Wildman–Crippen MR) is 133 cm³/mol. The van der Waals surface area contributed by atoms with Crippen LogP contribution in [0.3, 0.4) is 0 Å². The highest BCUT2D eigenvalue weighted by molar-refractivity contribution is 7.99. The lowest BCUT2D eigenvalue weighted by Gasteiger charge is -2.24. The van der Waals surface area contributed by atoms with E-state index in [-0.39, 0.29) is 22.7 Å². The summed E-state index contributed by atoms with van der Waals surface area (Å²) < 4.78 is 40.7. The molecule has 1 saturated carbocycles. The van der Waals surface area contributed by atoms with Crippen LogP contribution in [0.4, 0.5) is 23.7 Å². The third-order valence-electron chi connectivity index (χ3n) is 6.87. The summed E-state index contributed by atoms with van der Waals surface area (Å²) in [5, 5.41) is 3.00. The molecule has 1 fully saturated rings. The first-order chi connectivity index (χ1) is 17.3. The minimum absolute atomic E-state index is 0.159. The lowest BCUT2D eigenvalue weighted by molar-refractivity contribution is -0.140. The van der Waals surface area contributed by atoms with E-state index in [2.05, 4.69) is 22.2 Å². The van der Waals surface area contributed by atoms with Crippen molar-refractivity contribution in [2.45, 2.75) is 55.6 Å². The third-order valence-corrected chi connectivity index (χ3v) is 7.76. The second-order valence-corrected chi connectivity index (χ2v) is 10.5. The predicted octanol–water partition coefficient (Wildman–Crippen LogP) is 6.21. The number of aromatic nitrogens is 3. The zero-order valence-electron chi connectivity index (χ0n) is 19.8. The number of carbonyl (C=O) groups excluding carboxylic acids is 1. The fourth-order valence-electron chi connectivity index (χ4n) is 5.19. The SMILES string of the molecule is CCSc1ccc(CNC(=O)N2CC3(CCCC3)c3nc(-c4cncnc4C(F)(F)F)ccc32)cc1. The molecule has 188 valence electrons. The van der Waals surface area contributed by atoms with Gasteiger partial charge in [0.05, 0.1) is 17.1 Å². The van der Waals surface area contributed by atoms with Gasteiger partial charge in [-0.25, -0.2) is 19.7 Å². The smallest absolute Gasteiger partial charge is 0.334 e. The molecule has 3 heterocycles. The maximum Gasteiger partial charge on any atom is 0.434 e. The Morgan fingerprint density at radius 1 is 1.14 bits per heavy atom. The number of fused-ring (bicyclic) bond motifs is 2. The van der Waals surface area contributed by atoms with Gasteiger partial charge in [0.15, 0.2) is 5.69 Å². The molecule has 0 bridgehead atoms. The van der Waals surface area contributed by atoms with Crippen molar-refractivity contribution in [3.63, 3.8) is 0 Å². The van der Waals surface area contributed by atoms with Crippen LogP contribution in [0.25, 0.3) is 11.3 Å². The van der Waals surface area contributed by atoms with Gasteiger partial charge < -0.3 is 5.32 Å². The second-order valence-electron chi connectivity index (χ2n) is 9.16. The number of halogens is 3. The number of thioether (sulfide) groups is 1. The minimum Gasteiger partial charge on any atom is -0.334 e. The van der Waals surface area contributed by atoms with Crippen LogP contribution >= 0.6 is 11.8 Å². The number of rotatable bonds is 5. The molecule has 3 aromatic rings. The first-order valence-corrected chi connectivity index (χ1v) is 13.0. The Morgan fingerprint density at radius 3 is 2.58 bits per heavy atom. The number of alkyl halides is 3. The number of hydrogen-bond acceptors (Lipinski definition) is 5. The Hall–Kier alpha value is -3.14. The lowest BCUT2D eigenvalue weighted by atomic mass is 9.84. The van der Waals surface area contributed by atoms with E-state index in [1.165, 1.54) is 11.0 Å². The van der Waals surface area contributed by atoms with Crippen LogP contribution in [-0.4, -0.2) is 33.3 Å². The Kier molecular flexibility index (Phi) is 6.63. The molecule has 0 saturated heterocycles. The first kappa shape index (κ1) is 24.5. The number of anilines is 1. The zero-order chi connectivity index (χ0) is 25.3. The van der Waals surface area contributed by atoms with Gasteiger partial charge in [0.1, 0.15) is 6.33 Å². The molecule has 1 N–H and O–H groups in total. The maximum atomic E-state index is 13.6. The van der Waals surface area contributed by atoms with E-state index in [1.807, 2.05) is 24.3 Å². The highest BCUT2D eigenvalue weighted by Crippen LogP contribution is 2.50. The van der Waals surface area contributed by atoms with Crippen LogP contribution < -0.4 is 10.2 Å². The van der Waals surface area contributed by atoms with Gasteiger partial charge in [0.2, 0.25) is 0 Å². The molecule has 1 aliphatic carbocycles. The number of benzene rings is 1. The van der Waals surface area contributed by atoms with Crippen molar-refractivity contribution in [1.29, 1.82) is 0 Å². The molecule has 0 unspecified atom stereocenters. The molecule has 2 aromatic heterocycles. The zero-order valence-corrected chi connectivity index (χ0v) is 20.6. The molecule has 1 spiro atoms. The summed E-state index contributed by atoms with van der Waals surface area (Å²) in [4.78, 5) is 28.1. The average Bonchev–Trinajstić information content (AvgIpc) is 3.48. The molecule has 6 nitrogen and oxygen atoms in total. The van der Waals surface area contributed by atoms with Crippen LogP contribution in [0, 0.1) is 0 Å². The van der Waals surface area contributed by atoms with Crippen LogP contribution in [-0.2, 0) is 18.1 Å². The molecule has 0 atom stereocenters. The van der Waals surface area contributed by atoms with Crippen LogP contribution in [0.5, 0.6) is 0 Å². The summed E-state index contributed by atoms with van der Waals surface area (Å²) in [7, 11) is 0. The van der Waals surface area contributed by atoms with E-state index >= 15 is 0 Å². The summed E-state index contributed by atoms with van der Waals surface area (Å²) in [6, 6.07) is 11.1. The van der Waals surface area contributed by atoms with E-state index in [9.17, 15) is 18.0 Å². The van der Waals surface area contributed by atoms with E-state index in [1.54, 1.807) is 22.7 Å². The van der Waals surface area contributed by atoms with Gasteiger partial charge in [-0.05, 0) is 48.4 Å². The molecular weight excluding hydrogens is 487 g/mol. The van der Waals surface area contributed by atoms with E-state index in [4.69, 9.17) is 4.98 Å². The van der Waals surface area contributed by atoms with Crippen molar-refractivity contribution in [2.24, 2.45) is 0 Å². The Balaban J connectivity index is 1.42. The van der Waals surface area contributed by atoms with Crippen LogP contribution in [0.15, 0.2) is 53.8 Å². The molecule has 0 radical (unpaired) electrons. The van der Waals surface area contributed by atoms with Gasteiger partial charge >= 0.3 is 12.2 Å². The molecule has 5 rings (SSSR count). The Morgan fingerprint density at radius 2 is 1.89 bits per heavy atom. The monoisotopic (exact) mass is 513 g/mol. The highest BCUT2D eigenvalue weighted by Gasteiger charge is 2.48. The number of hydrogen-bond donors (Lipinski definition) is 1. The summed E-state index contributed by atoms with van der Waals surface area (Å²) in [5.74, 6) is 0.997. The van der Waals surface area contributed by atoms with Gasteiger partial charge in [-0.2, -0.15) is 13.2 Å². The molecular formula is C26H26F3N5OS. The molecule has 1 aliphatic heterocycles. The van der Waals surface area contributed by atoms with Crippen LogP contribution in [0.1, 0.15) is 49.6 Å². The summed E-state index contributed by atoms with van der Waals surface area (Å²) >= 11 is 1.76. The third kappa shape index (κ3) is 4.66. The van der Waals surface area contributed by atoms with Crippen molar-refractivity contribution >= 4 is 23.5 Å². The lowest BCUT2D eigenvalue weighted by Crippen LogP contribution is -2.41. The van der Waals surface area contributed by atoms with Crippen molar-refractivity contribution < 1.29 is 18.0 Å². The maximum absolute atomic E-state index is 13.6. The number of carbonyl (C=O) groups is 1.